The van der Waals surface area contributed by atoms with E-state index in [1.54, 1.807) is 0 Å². The smallest absolute Gasteiger partial charge is 0.233 e. The molecule has 4 heteroatoms. The second-order valence-electron chi connectivity index (χ2n) is 4.61. The molecule has 0 aromatic heterocycles. The quantitative estimate of drug-likeness (QED) is 0.435. The van der Waals surface area contributed by atoms with Crippen LogP contribution in [0, 0.1) is 11.8 Å². The van der Waals surface area contributed by atoms with Gasteiger partial charge < -0.3 is 4.74 Å². The average Bonchev–Trinajstić information content (AvgIpc) is 2.60. The highest BCUT2D eigenvalue weighted by molar-refractivity contribution is 6.07. The van der Waals surface area contributed by atoms with Crippen molar-refractivity contribution >= 4 is 11.8 Å². The Balaban J connectivity index is 2.18. The van der Waals surface area contributed by atoms with Crippen LogP contribution >= 0.6 is 0 Å². The predicted octanol–water partition coefficient (Wildman–Crippen LogP) is -0.00740. The molecule has 0 aromatic carbocycles. The van der Waals surface area contributed by atoms with Crippen LogP contribution in [-0.2, 0) is 14.3 Å². The van der Waals surface area contributed by atoms with E-state index in [1.165, 1.54) is 0 Å². The van der Waals surface area contributed by atoms with E-state index < -0.39 is 11.2 Å². The first kappa shape index (κ1) is 8.17. The number of carbonyl (C=O) groups excluding carboxylic acids is 2. The summed E-state index contributed by atoms with van der Waals surface area (Å²) in [6.45, 7) is 3.72. The van der Waals surface area contributed by atoms with Gasteiger partial charge in [0, 0.05) is 0 Å². The minimum atomic E-state index is -0.588. The lowest BCUT2D eigenvalue weighted by molar-refractivity contribution is -0.132. The lowest BCUT2D eigenvalue weighted by atomic mass is 9.73. The predicted molar refractivity (Wildman–Crippen MR) is 47.2 cm³/mol. The molecule has 1 N–H and O–H groups in total. The van der Waals surface area contributed by atoms with Crippen molar-refractivity contribution in [2.24, 2.45) is 11.8 Å². The summed E-state index contributed by atoms with van der Waals surface area (Å²) in [5, 5.41) is 2.37. The van der Waals surface area contributed by atoms with Gasteiger partial charge >= 0.3 is 0 Å². The topological polar surface area (TPSA) is 55.4 Å². The Morgan fingerprint density at radius 3 is 2.00 bits per heavy atom. The third-order valence-corrected chi connectivity index (χ3v) is 3.56. The number of amides is 2. The number of hydrogen-bond donors (Lipinski definition) is 1. The number of nitrogens with one attached hydrogen (secondary N) is 1. The molecule has 74 valence electrons. The Morgan fingerprint density at radius 2 is 1.57 bits per heavy atom. The van der Waals surface area contributed by atoms with E-state index >= 15 is 0 Å². The molecule has 14 heavy (non-hydrogen) atoms. The molecule has 2 bridgehead atoms. The molecule has 3 aliphatic rings. The second-order valence-corrected chi connectivity index (χ2v) is 4.61. The Bertz CT molecular complexity index is 355. The highest BCUT2D eigenvalue weighted by Gasteiger charge is 2.68. The number of fused-ring (bicyclic) bond motifs is 5. The fourth-order valence-corrected chi connectivity index (χ4v) is 2.97. The lowest BCUT2D eigenvalue weighted by Crippen LogP contribution is -2.36. The first-order valence-electron chi connectivity index (χ1n) is 4.72. The van der Waals surface area contributed by atoms with Crippen LogP contribution in [0.1, 0.15) is 13.8 Å². The van der Waals surface area contributed by atoms with E-state index in [0.29, 0.717) is 0 Å². The van der Waals surface area contributed by atoms with Crippen molar-refractivity contribution in [1.82, 2.24) is 5.32 Å². The van der Waals surface area contributed by atoms with E-state index in [4.69, 9.17) is 4.74 Å². The van der Waals surface area contributed by atoms with Gasteiger partial charge in [-0.15, -0.1) is 0 Å². The molecule has 0 radical (unpaired) electrons. The minimum Gasteiger partial charge on any atom is -0.359 e. The molecule has 0 aliphatic carbocycles. The Hall–Kier alpha value is -1.16. The summed E-state index contributed by atoms with van der Waals surface area (Å²) < 4.78 is 5.76. The zero-order valence-electron chi connectivity index (χ0n) is 8.03. The van der Waals surface area contributed by atoms with Gasteiger partial charge in [-0.2, -0.15) is 0 Å². The van der Waals surface area contributed by atoms with Crippen molar-refractivity contribution in [2.75, 3.05) is 0 Å². The van der Waals surface area contributed by atoms with Crippen LogP contribution < -0.4 is 5.32 Å². The standard InChI is InChI=1S/C10H11NO3/c1-9-3-4-10(2,14-9)6-5(9)7(12)11-8(6)13/h3-6H,1-2H3,(H,11,12,13)/t5-,6+,9+,10-. The van der Waals surface area contributed by atoms with E-state index in [0.717, 1.165) is 0 Å². The first-order valence-corrected chi connectivity index (χ1v) is 4.72. The second kappa shape index (κ2) is 1.93. The van der Waals surface area contributed by atoms with Crippen molar-refractivity contribution in [2.45, 2.75) is 25.0 Å². The molecule has 3 aliphatic heterocycles. The van der Waals surface area contributed by atoms with Gasteiger partial charge in [-0.3, -0.25) is 14.9 Å². The Kier molecular flexibility index (Phi) is 1.13. The molecule has 4 atom stereocenters. The molecule has 2 fully saturated rings. The zero-order valence-corrected chi connectivity index (χ0v) is 8.03. The number of ether oxygens (including phenoxy) is 1. The van der Waals surface area contributed by atoms with Crippen LogP contribution in [0.3, 0.4) is 0 Å². The number of imide groups is 1. The van der Waals surface area contributed by atoms with Crippen molar-refractivity contribution < 1.29 is 14.3 Å². The maximum absolute atomic E-state index is 11.6. The molecule has 0 unspecified atom stereocenters. The van der Waals surface area contributed by atoms with Gasteiger partial charge in [0.1, 0.15) is 0 Å². The lowest BCUT2D eigenvalue weighted by Gasteiger charge is -2.22. The maximum Gasteiger partial charge on any atom is 0.233 e. The zero-order chi connectivity index (χ0) is 10.1. The summed E-state index contributed by atoms with van der Waals surface area (Å²) in [5.41, 5.74) is -1.18. The van der Waals surface area contributed by atoms with Gasteiger partial charge in [0.2, 0.25) is 11.8 Å². The summed E-state index contributed by atoms with van der Waals surface area (Å²) in [6.07, 6.45) is 3.79. The summed E-state index contributed by atoms with van der Waals surface area (Å²) in [6, 6.07) is 0. The van der Waals surface area contributed by atoms with Crippen LogP contribution in [0.4, 0.5) is 0 Å². The molecular weight excluding hydrogens is 182 g/mol. The third-order valence-electron chi connectivity index (χ3n) is 3.56. The number of hydrogen-bond acceptors (Lipinski definition) is 3. The molecule has 0 saturated carbocycles. The summed E-state index contributed by atoms with van der Waals surface area (Å²) in [7, 11) is 0. The van der Waals surface area contributed by atoms with Gasteiger partial charge in [0.05, 0.1) is 23.0 Å². The van der Waals surface area contributed by atoms with E-state index in [1.807, 2.05) is 26.0 Å². The van der Waals surface area contributed by atoms with Gasteiger partial charge in [0.15, 0.2) is 0 Å². The van der Waals surface area contributed by atoms with Gasteiger partial charge in [-0.05, 0) is 13.8 Å². The van der Waals surface area contributed by atoms with Crippen LogP contribution in [0.5, 0.6) is 0 Å². The van der Waals surface area contributed by atoms with E-state index in [9.17, 15) is 9.59 Å². The SMILES string of the molecule is C[C@]12C=C[C@](C)(O1)[C@H]1C(=O)NC(=O)[C@H]12. The molecule has 3 rings (SSSR count). The molecular formula is C10H11NO3. The summed E-state index contributed by atoms with van der Waals surface area (Å²) >= 11 is 0. The third kappa shape index (κ3) is 0.661. The van der Waals surface area contributed by atoms with Crippen LogP contribution in [0.25, 0.3) is 0 Å². The fraction of sp³-hybridized carbons (Fsp3) is 0.600. The highest BCUT2D eigenvalue weighted by atomic mass is 16.5. The summed E-state index contributed by atoms with van der Waals surface area (Å²) in [4.78, 5) is 23.1. The number of rotatable bonds is 0. The molecule has 2 amide bonds. The van der Waals surface area contributed by atoms with Gasteiger partial charge in [-0.1, -0.05) is 12.2 Å². The monoisotopic (exact) mass is 193 g/mol. The van der Waals surface area contributed by atoms with Crippen molar-refractivity contribution in [3.8, 4) is 0 Å². The van der Waals surface area contributed by atoms with Crippen molar-refractivity contribution in [1.29, 1.82) is 0 Å². The van der Waals surface area contributed by atoms with Crippen molar-refractivity contribution in [3.63, 3.8) is 0 Å². The highest BCUT2D eigenvalue weighted by Crippen LogP contribution is 2.55. The molecule has 3 heterocycles. The molecule has 0 spiro atoms. The largest absolute Gasteiger partial charge is 0.359 e. The van der Waals surface area contributed by atoms with E-state index in [2.05, 4.69) is 5.32 Å². The first-order chi connectivity index (χ1) is 6.46. The Morgan fingerprint density at radius 1 is 1.14 bits per heavy atom. The maximum atomic E-state index is 11.6. The van der Waals surface area contributed by atoms with Gasteiger partial charge in [0.25, 0.3) is 0 Å². The number of carbonyl (C=O) groups is 2. The van der Waals surface area contributed by atoms with Crippen molar-refractivity contribution in [3.05, 3.63) is 12.2 Å². The van der Waals surface area contributed by atoms with Crippen LogP contribution in [0.2, 0.25) is 0 Å². The molecule has 4 nitrogen and oxygen atoms in total. The van der Waals surface area contributed by atoms with Gasteiger partial charge in [-0.25, -0.2) is 0 Å². The average molecular weight is 193 g/mol. The van der Waals surface area contributed by atoms with E-state index in [-0.39, 0.29) is 23.7 Å². The van der Waals surface area contributed by atoms with Crippen LogP contribution in [0.15, 0.2) is 12.2 Å². The minimum absolute atomic E-state index is 0.199. The fourth-order valence-electron chi connectivity index (χ4n) is 2.97. The van der Waals surface area contributed by atoms with Crippen LogP contribution in [-0.4, -0.2) is 23.0 Å². The molecule has 2 saturated heterocycles. The normalized spacial score (nSPS) is 53.9. The molecule has 0 aromatic rings. The summed E-state index contributed by atoms with van der Waals surface area (Å²) in [5.74, 6) is -1.08. The Labute approximate surface area is 81.3 Å².